The van der Waals surface area contributed by atoms with Crippen molar-refractivity contribution in [3.63, 3.8) is 0 Å². The first-order chi connectivity index (χ1) is 20.2. The van der Waals surface area contributed by atoms with E-state index in [1.165, 1.54) is 54.7 Å². The molecule has 0 spiro atoms. The van der Waals surface area contributed by atoms with Crippen molar-refractivity contribution < 1.29 is 0 Å². The molecule has 0 saturated carbocycles. The van der Waals surface area contributed by atoms with Gasteiger partial charge in [0.15, 0.2) is 0 Å². The Morgan fingerprint density at radius 1 is 0.561 bits per heavy atom. The Morgan fingerprint density at radius 3 is 2.00 bits per heavy atom. The molecule has 194 valence electrons. The van der Waals surface area contributed by atoms with Gasteiger partial charge in [-0.3, -0.25) is 4.57 Å². The van der Waals surface area contributed by atoms with Gasteiger partial charge in [0, 0.05) is 27.1 Å². The van der Waals surface area contributed by atoms with E-state index in [0.717, 1.165) is 28.0 Å². The Morgan fingerprint density at radius 2 is 1.20 bits per heavy atom. The molecule has 8 rings (SSSR count). The number of pyridine rings is 1. The van der Waals surface area contributed by atoms with Crippen molar-refractivity contribution in [2.24, 2.45) is 0 Å². The first kappa shape index (κ1) is 23.7. The van der Waals surface area contributed by atoms with Crippen LogP contribution in [0.3, 0.4) is 0 Å². The van der Waals surface area contributed by atoms with Crippen LogP contribution in [-0.4, -0.2) is 9.55 Å². The summed E-state index contributed by atoms with van der Waals surface area (Å²) >= 11 is 0. The summed E-state index contributed by atoms with van der Waals surface area (Å²) in [5, 5.41) is 7.37. The Hall–Kier alpha value is -5.21. The van der Waals surface area contributed by atoms with Crippen LogP contribution >= 0.6 is 0 Å². The summed E-state index contributed by atoms with van der Waals surface area (Å²) in [4.78, 5) is 5.43. The van der Waals surface area contributed by atoms with Crippen molar-refractivity contribution in [1.82, 2.24) is 9.55 Å². The molecule has 0 N–H and O–H groups in total. The molecular weight excluding hydrogens is 496 g/mol. The second-order valence-electron chi connectivity index (χ2n) is 10.9. The number of hydrogen-bond acceptors (Lipinski definition) is 1. The lowest BCUT2D eigenvalue weighted by molar-refractivity contribution is 1.10. The molecule has 0 aliphatic carbocycles. The number of para-hydroxylation sites is 1. The predicted molar refractivity (Wildman–Crippen MR) is 174 cm³/mol. The fraction of sp³-hybridized carbons (Fsp3) is 0.0513. The van der Waals surface area contributed by atoms with Crippen molar-refractivity contribution >= 4 is 43.4 Å². The average molecular weight is 525 g/mol. The standard InChI is InChI=1S/C39H28N2/c1-25-14-6-8-18-29(25)36-26(2)30-19-10-11-21-32(30)39-37(36)33-22-12-13-23-34(33)41(39)35-24-28-17-7-9-20-31(28)38(40-35)27-15-4-3-5-16-27/h3-24H,1-2H3. The summed E-state index contributed by atoms with van der Waals surface area (Å²) < 4.78 is 2.40. The number of rotatable bonds is 3. The number of hydrogen-bond donors (Lipinski definition) is 0. The molecular formula is C39H28N2. The van der Waals surface area contributed by atoms with E-state index >= 15 is 0 Å². The molecule has 41 heavy (non-hydrogen) atoms. The number of benzene rings is 6. The van der Waals surface area contributed by atoms with E-state index in [2.05, 4.69) is 152 Å². The fourth-order valence-electron chi connectivity index (χ4n) is 6.63. The van der Waals surface area contributed by atoms with E-state index in [1.54, 1.807) is 0 Å². The Bertz CT molecular complexity index is 2270. The fourth-order valence-corrected chi connectivity index (χ4v) is 6.63. The molecule has 2 heterocycles. The van der Waals surface area contributed by atoms with E-state index in [9.17, 15) is 0 Å². The van der Waals surface area contributed by atoms with Crippen molar-refractivity contribution in [1.29, 1.82) is 0 Å². The summed E-state index contributed by atoms with van der Waals surface area (Å²) in [6.07, 6.45) is 0. The van der Waals surface area contributed by atoms with E-state index in [1.807, 2.05) is 0 Å². The Labute approximate surface area is 239 Å². The van der Waals surface area contributed by atoms with Gasteiger partial charge < -0.3 is 0 Å². The third-order valence-corrected chi connectivity index (χ3v) is 8.50. The normalized spacial score (nSPS) is 11.7. The summed E-state index contributed by atoms with van der Waals surface area (Å²) in [7, 11) is 0. The zero-order valence-electron chi connectivity index (χ0n) is 23.1. The molecule has 0 aliphatic rings. The van der Waals surface area contributed by atoms with Crippen LogP contribution in [0, 0.1) is 13.8 Å². The van der Waals surface area contributed by atoms with Crippen LogP contribution < -0.4 is 0 Å². The molecule has 6 aromatic carbocycles. The number of aromatic nitrogens is 2. The smallest absolute Gasteiger partial charge is 0.138 e. The second kappa shape index (κ2) is 9.18. The predicted octanol–water partition coefficient (Wildman–Crippen LogP) is 10.4. The first-order valence-electron chi connectivity index (χ1n) is 14.2. The van der Waals surface area contributed by atoms with Crippen molar-refractivity contribution in [2.45, 2.75) is 13.8 Å². The number of nitrogens with zero attached hydrogens (tertiary/aromatic N) is 2. The summed E-state index contributed by atoms with van der Waals surface area (Å²) in [6, 6.07) is 47.7. The summed E-state index contributed by atoms with van der Waals surface area (Å²) in [5.74, 6) is 0.929. The average Bonchev–Trinajstić information content (AvgIpc) is 3.37. The van der Waals surface area contributed by atoms with Gasteiger partial charge in [0.1, 0.15) is 5.82 Å². The van der Waals surface area contributed by atoms with E-state index in [-0.39, 0.29) is 0 Å². The maximum Gasteiger partial charge on any atom is 0.138 e. The summed E-state index contributed by atoms with van der Waals surface area (Å²) in [6.45, 7) is 4.49. The van der Waals surface area contributed by atoms with Crippen molar-refractivity contribution in [3.05, 3.63) is 145 Å². The second-order valence-corrected chi connectivity index (χ2v) is 10.9. The maximum atomic E-state index is 5.43. The molecule has 2 heteroatoms. The molecule has 0 amide bonds. The zero-order valence-corrected chi connectivity index (χ0v) is 23.1. The molecule has 2 aromatic heterocycles. The number of aryl methyl sites for hydroxylation is 2. The van der Waals surface area contributed by atoms with Gasteiger partial charge in [-0.1, -0.05) is 121 Å². The zero-order chi connectivity index (χ0) is 27.5. The van der Waals surface area contributed by atoms with Crippen molar-refractivity contribution in [2.75, 3.05) is 0 Å². The van der Waals surface area contributed by atoms with Gasteiger partial charge in [-0.05, 0) is 59.0 Å². The van der Waals surface area contributed by atoms with Gasteiger partial charge in [-0.15, -0.1) is 0 Å². The molecule has 8 aromatic rings. The molecule has 0 atom stereocenters. The van der Waals surface area contributed by atoms with Crippen LogP contribution in [0.5, 0.6) is 0 Å². The minimum absolute atomic E-state index is 0.929. The van der Waals surface area contributed by atoms with Crippen LogP contribution in [0.4, 0.5) is 0 Å². The highest BCUT2D eigenvalue weighted by Crippen LogP contribution is 2.45. The molecule has 0 fully saturated rings. The Kier molecular flexibility index (Phi) is 5.30. The highest BCUT2D eigenvalue weighted by Gasteiger charge is 2.23. The van der Waals surface area contributed by atoms with E-state index in [4.69, 9.17) is 4.98 Å². The maximum absolute atomic E-state index is 5.43. The molecule has 2 nitrogen and oxygen atoms in total. The van der Waals surface area contributed by atoms with Gasteiger partial charge in [0.05, 0.1) is 16.7 Å². The SMILES string of the molecule is Cc1ccccc1-c1c(C)c2ccccc2c2c1c1ccccc1n2-c1cc2ccccc2c(-c2ccccc2)n1. The van der Waals surface area contributed by atoms with Gasteiger partial charge in [0.2, 0.25) is 0 Å². The first-order valence-corrected chi connectivity index (χ1v) is 14.2. The van der Waals surface area contributed by atoms with Gasteiger partial charge >= 0.3 is 0 Å². The highest BCUT2D eigenvalue weighted by molar-refractivity contribution is 6.25. The Balaban J connectivity index is 1.60. The van der Waals surface area contributed by atoms with Crippen LogP contribution in [0.15, 0.2) is 133 Å². The number of fused-ring (bicyclic) bond motifs is 6. The van der Waals surface area contributed by atoms with Gasteiger partial charge in [0.25, 0.3) is 0 Å². The molecule has 0 saturated heterocycles. The van der Waals surface area contributed by atoms with Crippen LogP contribution in [0.25, 0.3) is 71.6 Å². The summed E-state index contributed by atoms with van der Waals surface area (Å²) in [5.41, 5.74) is 9.65. The van der Waals surface area contributed by atoms with Crippen LogP contribution in [0.1, 0.15) is 11.1 Å². The lowest BCUT2D eigenvalue weighted by Gasteiger charge is -2.17. The topological polar surface area (TPSA) is 17.8 Å². The third-order valence-electron chi connectivity index (χ3n) is 8.50. The van der Waals surface area contributed by atoms with Gasteiger partial charge in [-0.25, -0.2) is 4.98 Å². The largest absolute Gasteiger partial charge is 0.293 e. The van der Waals surface area contributed by atoms with E-state index < -0.39 is 0 Å². The monoisotopic (exact) mass is 524 g/mol. The molecule has 0 aliphatic heterocycles. The van der Waals surface area contributed by atoms with Gasteiger partial charge in [-0.2, -0.15) is 0 Å². The molecule has 0 unspecified atom stereocenters. The van der Waals surface area contributed by atoms with Crippen LogP contribution in [-0.2, 0) is 0 Å². The van der Waals surface area contributed by atoms with Crippen LogP contribution in [0.2, 0.25) is 0 Å². The molecule has 0 bridgehead atoms. The highest BCUT2D eigenvalue weighted by atomic mass is 15.1. The third kappa shape index (κ3) is 3.54. The minimum Gasteiger partial charge on any atom is -0.293 e. The lowest BCUT2D eigenvalue weighted by Crippen LogP contribution is -2.01. The van der Waals surface area contributed by atoms with Crippen molar-refractivity contribution in [3.8, 4) is 28.2 Å². The lowest BCUT2D eigenvalue weighted by atomic mass is 9.88. The quantitative estimate of drug-likeness (QED) is 0.225. The minimum atomic E-state index is 0.929. The van der Waals surface area contributed by atoms with E-state index in [0.29, 0.717) is 0 Å². The molecule has 0 radical (unpaired) electrons.